The second-order valence-electron chi connectivity index (χ2n) is 6.55. The van der Waals surface area contributed by atoms with Crippen LogP contribution in [0, 0.1) is 0 Å². The van der Waals surface area contributed by atoms with E-state index in [-0.39, 0.29) is 17.2 Å². The molecule has 0 spiro atoms. The Balaban J connectivity index is 1.92. The van der Waals surface area contributed by atoms with Crippen LogP contribution in [0.5, 0.6) is 11.5 Å². The molecule has 28 heavy (non-hydrogen) atoms. The van der Waals surface area contributed by atoms with Gasteiger partial charge in [0.1, 0.15) is 11.5 Å². The number of aromatic nitrogens is 2. The van der Waals surface area contributed by atoms with Crippen molar-refractivity contribution in [3.8, 4) is 22.8 Å². The first-order chi connectivity index (χ1) is 13.3. The van der Waals surface area contributed by atoms with Gasteiger partial charge in [0, 0.05) is 35.2 Å². The van der Waals surface area contributed by atoms with Crippen LogP contribution in [-0.4, -0.2) is 15.9 Å². The molecule has 0 unspecified atom stereocenters. The zero-order valence-corrected chi connectivity index (χ0v) is 15.4. The highest BCUT2D eigenvalue weighted by Crippen LogP contribution is 2.30. The summed E-state index contributed by atoms with van der Waals surface area (Å²) >= 11 is 0. The molecule has 0 saturated heterocycles. The number of amides is 1. The van der Waals surface area contributed by atoms with E-state index in [0.717, 1.165) is 17.3 Å². The molecule has 1 amide bonds. The van der Waals surface area contributed by atoms with Crippen molar-refractivity contribution < 1.29 is 18.3 Å². The minimum atomic E-state index is -2.62. The van der Waals surface area contributed by atoms with Gasteiger partial charge in [-0.3, -0.25) is 14.8 Å². The van der Waals surface area contributed by atoms with Crippen LogP contribution in [0.1, 0.15) is 47.7 Å². The van der Waals surface area contributed by atoms with Crippen molar-refractivity contribution in [2.75, 3.05) is 0 Å². The fourth-order valence-electron chi connectivity index (χ4n) is 2.80. The number of ether oxygens (including phenoxy) is 1. The maximum absolute atomic E-state index is 12.8. The van der Waals surface area contributed by atoms with E-state index >= 15 is 0 Å². The summed E-state index contributed by atoms with van der Waals surface area (Å²) in [6.45, 7) is 3.95. The zero-order valence-electron chi connectivity index (χ0n) is 15.4. The minimum absolute atomic E-state index is 0.102. The van der Waals surface area contributed by atoms with Gasteiger partial charge in [-0.1, -0.05) is 19.9 Å². The summed E-state index contributed by atoms with van der Waals surface area (Å²) in [4.78, 5) is 19.7. The number of nitrogens with two attached hydrogens (primary N) is 1. The molecule has 3 aromatic rings. The second-order valence-corrected chi connectivity index (χ2v) is 6.55. The Morgan fingerprint density at radius 3 is 2.54 bits per heavy atom. The molecular formula is C21H19F2N3O2. The van der Waals surface area contributed by atoms with Crippen molar-refractivity contribution in [3.63, 3.8) is 0 Å². The first kappa shape index (κ1) is 19.4. The number of rotatable bonds is 6. The summed E-state index contributed by atoms with van der Waals surface area (Å²) in [5.41, 5.74) is 7.95. The predicted octanol–water partition coefficient (Wildman–Crippen LogP) is 5.10. The van der Waals surface area contributed by atoms with Crippen molar-refractivity contribution in [2.24, 2.45) is 5.73 Å². The van der Waals surface area contributed by atoms with E-state index in [0.29, 0.717) is 17.0 Å². The highest BCUT2D eigenvalue weighted by atomic mass is 19.3. The van der Waals surface area contributed by atoms with Gasteiger partial charge >= 0.3 is 0 Å². The summed E-state index contributed by atoms with van der Waals surface area (Å²) in [6, 6.07) is 9.87. The number of hydrogen-bond donors (Lipinski definition) is 1. The van der Waals surface area contributed by atoms with E-state index in [1.807, 2.05) is 19.9 Å². The van der Waals surface area contributed by atoms with Crippen LogP contribution in [0.3, 0.4) is 0 Å². The molecule has 2 heterocycles. The van der Waals surface area contributed by atoms with Crippen molar-refractivity contribution >= 4 is 5.91 Å². The van der Waals surface area contributed by atoms with Crippen molar-refractivity contribution in [2.45, 2.75) is 26.2 Å². The van der Waals surface area contributed by atoms with Crippen LogP contribution in [0.4, 0.5) is 8.78 Å². The first-order valence-corrected chi connectivity index (χ1v) is 8.66. The Labute approximate surface area is 161 Å². The van der Waals surface area contributed by atoms with Crippen molar-refractivity contribution in [3.05, 3.63) is 71.7 Å². The molecule has 0 atom stereocenters. The molecule has 0 aliphatic heterocycles. The minimum Gasteiger partial charge on any atom is -0.456 e. The van der Waals surface area contributed by atoms with Gasteiger partial charge in [-0.15, -0.1) is 0 Å². The van der Waals surface area contributed by atoms with Crippen LogP contribution in [-0.2, 0) is 0 Å². The molecule has 5 nitrogen and oxygen atoms in total. The fraction of sp³-hybridized carbons (Fsp3) is 0.190. The molecule has 0 aliphatic rings. The van der Waals surface area contributed by atoms with Gasteiger partial charge in [-0.2, -0.15) is 0 Å². The highest BCUT2D eigenvalue weighted by Gasteiger charge is 2.14. The highest BCUT2D eigenvalue weighted by molar-refractivity contribution is 5.95. The van der Waals surface area contributed by atoms with Gasteiger partial charge in [0.25, 0.3) is 6.43 Å². The van der Waals surface area contributed by atoms with Gasteiger partial charge in [-0.05, 0) is 35.7 Å². The Morgan fingerprint density at radius 2 is 1.86 bits per heavy atom. The first-order valence-electron chi connectivity index (χ1n) is 8.66. The van der Waals surface area contributed by atoms with Gasteiger partial charge in [0.15, 0.2) is 0 Å². The number of benzene rings is 1. The van der Waals surface area contributed by atoms with E-state index in [1.54, 1.807) is 30.5 Å². The van der Waals surface area contributed by atoms with Crippen LogP contribution in [0.25, 0.3) is 11.3 Å². The summed E-state index contributed by atoms with van der Waals surface area (Å²) in [7, 11) is 0. The summed E-state index contributed by atoms with van der Waals surface area (Å²) in [5, 5.41) is 0. The molecule has 0 aliphatic carbocycles. The van der Waals surface area contributed by atoms with Gasteiger partial charge in [0.05, 0.1) is 11.9 Å². The lowest BCUT2D eigenvalue weighted by atomic mass is 9.93. The Bertz CT molecular complexity index is 1010. The topological polar surface area (TPSA) is 78.1 Å². The standard InChI is InChI=1S/C21H19F2N3O2/c1-12(2)18-8-13(3-4-17(18)21(24)27)19-9-15(5-6-26-19)28-16-7-14(20(22)23)10-25-11-16/h3-12,20H,1-2H3,(H2,24,27). The quantitative estimate of drug-likeness (QED) is 0.643. The molecule has 0 fully saturated rings. The second kappa shape index (κ2) is 8.12. The van der Waals surface area contributed by atoms with Crippen molar-refractivity contribution in [1.29, 1.82) is 0 Å². The van der Waals surface area contributed by atoms with Gasteiger partial charge < -0.3 is 10.5 Å². The molecule has 3 rings (SSSR count). The van der Waals surface area contributed by atoms with E-state index in [9.17, 15) is 13.6 Å². The van der Waals surface area contributed by atoms with Gasteiger partial charge in [-0.25, -0.2) is 8.78 Å². The molecule has 144 valence electrons. The number of nitrogens with zero attached hydrogens (tertiary/aromatic N) is 2. The van der Waals surface area contributed by atoms with Gasteiger partial charge in [0.2, 0.25) is 5.91 Å². The zero-order chi connectivity index (χ0) is 20.3. The lowest BCUT2D eigenvalue weighted by Gasteiger charge is -2.13. The number of alkyl halides is 2. The predicted molar refractivity (Wildman–Crippen MR) is 102 cm³/mol. The third-order valence-corrected chi connectivity index (χ3v) is 4.19. The molecule has 0 saturated carbocycles. The third-order valence-electron chi connectivity index (χ3n) is 4.19. The Morgan fingerprint density at radius 1 is 1.07 bits per heavy atom. The molecule has 0 bridgehead atoms. The Hall–Kier alpha value is -3.35. The normalized spacial score (nSPS) is 11.1. The molecule has 2 aromatic heterocycles. The summed E-state index contributed by atoms with van der Waals surface area (Å²) in [6.07, 6.45) is 1.40. The number of carbonyl (C=O) groups is 1. The van der Waals surface area contributed by atoms with Crippen LogP contribution < -0.4 is 10.5 Å². The monoisotopic (exact) mass is 383 g/mol. The molecule has 2 N–H and O–H groups in total. The van der Waals surface area contributed by atoms with Crippen molar-refractivity contribution in [1.82, 2.24) is 9.97 Å². The summed E-state index contributed by atoms with van der Waals surface area (Å²) in [5.74, 6) is 0.266. The lowest BCUT2D eigenvalue weighted by Crippen LogP contribution is -2.14. The lowest BCUT2D eigenvalue weighted by molar-refractivity contribution is 0.0999. The maximum atomic E-state index is 12.8. The van der Waals surface area contributed by atoms with E-state index in [1.165, 1.54) is 12.3 Å². The van der Waals surface area contributed by atoms with Crippen LogP contribution >= 0.6 is 0 Å². The molecule has 0 radical (unpaired) electrons. The number of primary amides is 1. The Kier molecular flexibility index (Phi) is 5.63. The fourth-order valence-corrected chi connectivity index (χ4v) is 2.80. The average molecular weight is 383 g/mol. The third kappa shape index (κ3) is 4.31. The number of carbonyl (C=O) groups excluding carboxylic acids is 1. The number of pyridine rings is 2. The SMILES string of the molecule is CC(C)c1cc(-c2cc(Oc3cncc(C(F)F)c3)ccn2)ccc1C(N)=O. The van der Waals surface area contributed by atoms with E-state index in [2.05, 4.69) is 9.97 Å². The van der Waals surface area contributed by atoms with Crippen LogP contribution in [0.15, 0.2) is 55.0 Å². The average Bonchev–Trinajstić information content (AvgIpc) is 2.67. The van der Waals surface area contributed by atoms with Crippen LogP contribution in [0.2, 0.25) is 0 Å². The number of hydrogen-bond acceptors (Lipinski definition) is 4. The van der Waals surface area contributed by atoms with E-state index in [4.69, 9.17) is 10.5 Å². The smallest absolute Gasteiger partial charge is 0.265 e. The largest absolute Gasteiger partial charge is 0.456 e. The van der Waals surface area contributed by atoms with E-state index < -0.39 is 12.3 Å². The molecular weight excluding hydrogens is 364 g/mol. The summed E-state index contributed by atoms with van der Waals surface area (Å²) < 4.78 is 31.3. The molecule has 1 aromatic carbocycles. The molecule has 7 heteroatoms. The maximum Gasteiger partial charge on any atom is 0.265 e. The number of halogens is 2.